The number of carbonyl (C=O) groups is 2. The van der Waals surface area contributed by atoms with Crippen molar-refractivity contribution in [2.45, 2.75) is 6.04 Å². The molecule has 4 N–H and O–H groups in total. The fourth-order valence-electron chi connectivity index (χ4n) is 2.69. The molecule has 7 nitrogen and oxygen atoms in total. The molecule has 0 aliphatic rings. The lowest BCUT2D eigenvalue weighted by Crippen LogP contribution is -2.29. The smallest absolute Gasteiger partial charge is 0.255 e. The first kappa shape index (κ1) is 19.2. The Morgan fingerprint density at radius 2 is 1.86 bits per heavy atom. The third kappa shape index (κ3) is 4.07. The largest absolute Gasteiger partial charge is 0.345 e. The Bertz CT molecular complexity index is 984. The predicted molar refractivity (Wildman–Crippen MR) is 104 cm³/mol. The zero-order valence-electron chi connectivity index (χ0n) is 15.4. The molecule has 0 radical (unpaired) electrons. The highest BCUT2D eigenvalue weighted by Crippen LogP contribution is 2.26. The molecule has 3 rings (SSSR count). The van der Waals surface area contributed by atoms with E-state index >= 15 is 0 Å². The zero-order valence-corrected chi connectivity index (χ0v) is 15.4. The Labute approximate surface area is 161 Å². The van der Waals surface area contributed by atoms with E-state index < -0.39 is 17.8 Å². The highest BCUT2D eigenvalue weighted by molar-refractivity contribution is 6.05. The number of nitrogens with zero attached hydrogens (tertiary/aromatic N) is 2. The molecule has 1 heterocycles. The maximum absolute atomic E-state index is 13.1. The molecule has 3 aromatic rings. The molecule has 8 heteroatoms. The third-order valence-electron chi connectivity index (χ3n) is 4.26. The van der Waals surface area contributed by atoms with Gasteiger partial charge in [-0.1, -0.05) is 18.2 Å². The second-order valence-electron chi connectivity index (χ2n) is 6.47. The van der Waals surface area contributed by atoms with Crippen molar-refractivity contribution < 1.29 is 14.0 Å². The van der Waals surface area contributed by atoms with Crippen LogP contribution in [0.4, 0.5) is 10.1 Å². The SMILES string of the molecule is CN(C)C(=O)c1cc(-c2cn[nH]c2)ccc1NC(=O)[C@H](N)c1ccc(F)cc1. The van der Waals surface area contributed by atoms with Gasteiger partial charge in [0.1, 0.15) is 11.9 Å². The van der Waals surface area contributed by atoms with E-state index in [1.807, 2.05) is 0 Å². The highest BCUT2D eigenvalue weighted by atomic mass is 19.1. The molecule has 0 aliphatic carbocycles. The van der Waals surface area contributed by atoms with Gasteiger partial charge in [0.05, 0.1) is 17.4 Å². The molecule has 2 aromatic carbocycles. The first-order valence-corrected chi connectivity index (χ1v) is 8.53. The summed E-state index contributed by atoms with van der Waals surface area (Å²) < 4.78 is 13.1. The highest BCUT2D eigenvalue weighted by Gasteiger charge is 2.21. The quantitative estimate of drug-likeness (QED) is 0.632. The number of amides is 2. The monoisotopic (exact) mass is 381 g/mol. The molecule has 0 saturated carbocycles. The maximum atomic E-state index is 13.1. The number of rotatable bonds is 5. The summed E-state index contributed by atoms with van der Waals surface area (Å²) in [4.78, 5) is 26.6. The second-order valence-corrected chi connectivity index (χ2v) is 6.47. The Morgan fingerprint density at radius 3 is 2.46 bits per heavy atom. The zero-order chi connectivity index (χ0) is 20.3. The van der Waals surface area contributed by atoms with Crippen molar-refractivity contribution in [2.75, 3.05) is 19.4 Å². The number of aromatic nitrogens is 2. The first-order chi connectivity index (χ1) is 13.4. The molecular weight excluding hydrogens is 361 g/mol. The molecule has 1 atom stereocenters. The number of aromatic amines is 1. The van der Waals surface area contributed by atoms with Crippen LogP contribution in [0.1, 0.15) is 22.0 Å². The number of hydrogen-bond donors (Lipinski definition) is 3. The van der Waals surface area contributed by atoms with E-state index in [9.17, 15) is 14.0 Å². The van der Waals surface area contributed by atoms with Gasteiger partial charge >= 0.3 is 0 Å². The summed E-state index contributed by atoms with van der Waals surface area (Å²) in [5.74, 6) is -1.18. The number of carbonyl (C=O) groups excluding carboxylic acids is 2. The minimum absolute atomic E-state index is 0.268. The number of anilines is 1. The molecule has 0 aliphatic heterocycles. The van der Waals surface area contributed by atoms with E-state index in [4.69, 9.17) is 5.73 Å². The molecule has 2 amide bonds. The van der Waals surface area contributed by atoms with E-state index in [2.05, 4.69) is 15.5 Å². The van der Waals surface area contributed by atoms with Crippen LogP contribution in [0.15, 0.2) is 54.9 Å². The van der Waals surface area contributed by atoms with Crippen LogP contribution in [0, 0.1) is 5.82 Å². The van der Waals surface area contributed by atoms with Crippen LogP contribution in [-0.4, -0.2) is 41.0 Å². The minimum atomic E-state index is -1.00. The van der Waals surface area contributed by atoms with Crippen molar-refractivity contribution in [1.82, 2.24) is 15.1 Å². The fraction of sp³-hybridized carbons (Fsp3) is 0.150. The van der Waals surface area contributed by atoms with Gasteiger partial charge in [-0.3, -0.25) is 14.7 Å². The fourth-order valence-corrected chi connectivity index (χ4v) is 2.69. The molecule has 144 valence electrons. The molecule has 1 aromatic heterocycles. The summed E-state index contributed by atoms with van der Waals surface area (Å²) in [5, 5.41) is 9.34. The Balaban J connectivity index is 1.90. The maximum Gasteiger partial charge on any atom is 0.255 e. The third-order valence-corrected chi connectivity index (χ3v) is 4.26. The van der Waals surface area contributed by atoms with Crippen molar-refractivity contribution in [3.63, 3.8) is 0 Å². The predicted octanol–water partition coefficient (Wildman–Crippen LogP) is 2.56. The first-order valence-electron chi connectivity index (χ1n) is 8.53. The number of hydrogen-bond acceptors (Lipinski definition) is 4. The molecule has 0 unspecified atom stereocenters. The molecule has 0 saturated heterocycles. The van der Waals surface area contributed by atoms with Crippen molar-refractivity contribution in [3.8, 4) is 11.1 Å². The Hall–Kier alpha value is -3.52. The van der Waals surface area contributed by atoms with Crippen LogP contribution < -0.4 is 11.1 Å². The van der Waals surface area contributed by atoms with Gasteiger partial charge in [-0.25, -0.2) is 4.39 Å². The minimum Gasteiger partial charge on any atom is -0.345 e. The van der Waals surface area contributed by atoms with Gasteiger partial charge in [0.2, 0.25) is 5.91 Å². The van der Waals surface area contributed by atoms with Gasteiger partial charge in [0.25, 0.3) is 5.91 Å². The summed E-state index contributed by atoms with van der Waals surface area (Å²) in [6, 6.07) is 9.49. The van der Waals surface area contributed by atoms with Crippen LogP contribution in [0.5, 0.6) is 0 Å². The van der Waals surface area contributed by atoms with Crippen molar-refractivity contribution in [2.24, 2.45) is 5.73 Å². The van der Waals surface area contributed by atoms with E-state index in [0.29, 0.717) is 16.8 Å². The van der Waals surface area contributed by atoms with Gasteiger partial charge in [-0.15, -0.1) is 0 Å². The molecule has 0 bridgehead atoms. The van der Waals surface area contributed by atoms with Crippen LogP contribution in [0.25, 0.3) is 11.1 Å². The summed E-state index contributed by atoms with van der Waals surface area (Å²) in [5.41, 5.74) is 8.71. The van der Waals surface area contributed by atoms with Crippen molar-refractivity contribution in [1.29, 1.82) is 0 Å². The average molecular weight is 381 g/mol. The standard InChI is InChI=1S/C20H20FN5O2/c1-26(2)20(28)16-9-13(14-10-23-24-11-14)5-8-17(16)25-19(27)18(22)12-3-6-15(21)7-4-12/h3-11,18H,22H2,1-2H3,(H,23,24)(H,25,27)/t18-/m1/s1. The topological polar surface area (TPSA) is 104 Å². The van der Waals surface area contributed by atoms with E-state index in [1.165, 1.54) is 29.2 Å². The number of benzene rings is 2. The summed E-state index contributed by atoms with van der Waals surface area (Å²) in [6.07, 6.45) is 3.35. The lowest BCUT2D eigenvalue weighted by atomic mass is 10.0. The number of nitrogens with one attached hydrogen (secondary N) is 2. The molecule has 0 fully saturated rings. The second kappa shape index (κ2) is 8.01. The van der Waals surface area contributed by atoms with Gasteiger partial charge in [-0.05, 0) is 35.4 Å². The Kier molecular flexibility index (Phi) is 5.51. The van der Waals surface area contributed by atoms with Crippen molar-refractivity contribution in [3.05, 3.63) is 71.8 Å². The van der Waals surface area contributed by atoms with Crippen molar-refractivity contribution >= 4 is 17.5 Å². The van der Waals surface area contributed by atoms with E-state index in [1.54, 1.807) is 44.7 Å². The van der Waals surface area contributed by atoms with E-state index in [0.717, 1.165) is 11.1 Å². The van der Waals surface area contributed by atoms with Crippen LogP contribution in [0.3, 0.4) is 0 Å². The van der Waals surface area contributed by atoms with Gasteiger partial charge in [0.15, 0.2) is 0 Å². The van der Waals surface area contributed by atoms with Crippen LogP contribution in [0.2, 0.25) is 0 Å². The normalized spacial score (nSPS) is 11.7. The number of nitrogens with two attached hydrogens (primary N) is 1. The van der Waals surface area contributed by atoms with Crippen LogP contribution in [-0.2, 0) is 4.79 Å². The van der Waals surface area contributed by atoms with Gasteiger partial charge in [0, 0.05) is 25.9 Å². The van der Waals surface area contributed by atoms with E-state index in [-0.39, 0.29) is 5.91 Å². The Morgan fingerprint density at radius 1 is 1.14 bits per heavy atom. The number of halogens is 1. The lowest BCUT2D eigenvalue weighted by molar-refractivity contribution is -0.117. The van der Waals surface area contributed by atoms with Gasteiger partial charge < -0.3 is 16.0 Å². The molecule has 28 heavy (non-hydrogen) atoms. The molecular formula is C20H20FN5O2. The summed E-state index contributed by atoms with van der Waals surface area (Å²) in [7, 11) is 3.26. The summed E-state index contributed by atoms with van der Waals surface area (Å²) in [6.45, 7) is 0. The van der Waals surface area contributed by atoms with Gasteiger partial charge in [-0.2, -0.15) is 5.10 Å². The summed E-state index contributed by atoms with van der Waals surface area (Å²) >= 11 is 0. The number of H-pyrrole nitrogens is 1. The molecule has 0 spiro atoms. The average Bonchev–Trinajstić information content (AvgIpc) is 3.22. The lowest BCUT2D eigenvalue weighted by Gasteiger charge is -2.18. The van der Waals surface area contributed by atoms with Crippen LogP contribution >= 0.6 is 0 Å².